The quantitative estimate of drug-likeness (QED) is 0.616. The van der Waals surface area contributed by atoms with Gasteiger partial charge in [0.05, 0.1) is 12.7 Å². The molecule has 0 N–H and O–H groups in total. The van der Waals surface area contributed by atoms with Gasteiger partial charge in [-0.05, 0) is 37.1 Å². The summed E-state index contributed by atoms with van der Waals surface area (Å²) in [7, 11) is 1.66. The second kappa shape index (κ2) is 9.05. The van der Waals surface area contributed by atoms with Crippen molar-refractivity contribution in [3.8, 4) is 22.1 Å². The van der Waals surface area contributed by atoms with E-state index in [1.807, 2.05) is 59.5 Å². The highest BCUT2D eigenvalue weighted by Gasteiger charge is 2.27. The van der Waals surface area contributed by atoms with Crippen molar-refractivity contribution in [2.75, 3.05) is 26.8 Å². The number of amides is 1. The van der Waals surface area contributed by atoms with Gasteiger partial charge in [-0.3, -0.25) is 4.79 Å². The van der Waals surface area contributed by atoms with Crippen LogP contribution >= 0.6 is 11.3 Å². The van der Waals surface area contributed by atoms with Gasteiger partial charge in [-0.1, -0.05) is 41.7 Å². The van der Waals surface area contributed by atoms with Crippen LogP contribution in [0.5, 0.6) is 11.5 Å². The molecule has 0 radical (unpaired) electrons. The molecule has 1 aromatic heterocycles. The van der Waals surface area contributed by atoms with Gasteiger partial charge >= 0.3 is 0 Å². The van der Waals surface area contributed by atoms with Gasteiger partial charge in [-0.15, -0.1) is 10.2 Å². The third-order valence-electron chi connectivity index (χ3n) is 5.08. The van der Waals surface area contributed by atoms with Crippen molar-refractivity contribution in [3.63, 3.8) is 0 Å². The van der Waals surface area contributed by atoms with Crippen LogP contribution in [-0.4, -0.2) is 47.8 Å². The molecule has 6 nitrogen and oxygen atoms in total. The van der Waals surface area contributed by atoms with Gasteiger partial charge in [0.1, 0.15) is 16.5 Å². The van der Waals surface area contributed by atoms with Crippen LogP contribution < -0.4 is 9.47 Å². The molecule has 1 aliphatic rings. The minimum Gasteiger partial charge on any atom is -0.496 e. The van der Waals surface area contributed by atoms with Crippen LogP contribution in [-0.2, 0) is 4.79 Å². The predicted octanol–water partition coefficient (Wildman–Crippen LogP) is 4.00. The van der Waals surface area contributed by atoms with Gasteiger partial charge in [0.15, 0.2) is 11.6 Å². The second-order valence-electron chi connectivity index (χ2n) is 6.90. The summed E-state index contributed by atoms with van der Waals surface area (Å²) in [4.78, 5) is 14.3. The Kier molecular flexibility index (Phi) is 6.05. The first kappa shape index (κ1) is 19.4. The number of carbonyl (C=O) groups excluding carboxylic acids is 1. The first-order valence-corrected chi connectivity index (χ1v) is 10.5. The number of carbonyl (C=O) groups is 1. The number of rotatable bonds is 6. The summed E-state index contributed by atoms with van der Waals surface area (Å²) < 4.78 is 11.0. The molecule has 1 aliphatic heterocycles. The Labute approximate surface area is 174 Å². The summed E-state index contributed by atoms with van der Waals surface area (Å²) in [5.74, 6) is 1.87. The molecule has 7 heteroatoms. The van der Waals surface area contributed by atoms with E-state index < -0.39 is 0 Å². The van der Waals surface area contributed by atoms with E-state index in [0.717, 1.165) is 34.2 Å². The van der Waals surface area contributed by atoms with Crippen molar-refractivity contribution in [3.05, 3.63) is 59.6 Å². The van der Waals surface area contributed by atoms with Gasteiger partial charge in [0.25, 0.3) is 5.91 Å². The average Bonchev–Trinajstić information content (AvgIpc) is 3.28. The van der Waals surface area contributed by atoms with Crippen molar-refractivity contribution in [2.24, 2.45) is 0 Å². The number of nitrogens with zero attached hydrogens (tertiary/aromatic N) is 3. The fraction of sp³-hybridized carbons (Fsp3) is 0.318. The molecule has 2 aromatic carbocycles. The highest BCUT2D eigenvalue weighted by atomic mass is 32.1. The molecule has 29 heavy (non-hydrogen) atoms. The van der Waals surface area contributed by atoms with E-state index in [1.165, 1.54) is 0 Å². The molecule has 0 atom stereocenters. The van der Waals surface area contributed by atoms with E-state index in [0.29, 0.717) is 24.8 Å². The minimum atomic E-state index is 0.0271. The van der Waals surface area contributed by atoms with Gasteiger partial charge in [0.2, 0.25) is 0 Å². The Morgan fingerprint density at radius 3 is 2.55 bits per heavy atom. The maximum Gasteiger partial charge on any atom is 0.260 e. The number of para-hydroxylation sites is 2. The summed E-state index contributed by atoms with van der Waals surface area (Å²) in [6.45, 7) is 1.50. The van der Waals surface area contributed by atoms with Gasteiger partial charge in [-0.2, -0.15) is 0 Å². The number of methoxy groups -OCH3 is 1. The third-order valence-corrected chi connectivity index (χ3v) is 6.20. The SMILES string of the molecule is COc1ccccc1-c1nnc(C2CCN(C(=O)COc3ccccc3)CC2)s1. The second-order valence-corrected chi connectivity index (χ2v) is 7.91. The number of ether oxygens (including phenoxy) is 2. The standard InChI is InChI=1S/C22H23N3O3S/c1-27-19-10-6-5-9-18(19)22-24-23-21(29-22)16-11-13-25(14-12-16)20(26)15-28-17-7-3-2-4-8-17/h2-10,16H,11-15H2,1H3. The maximum atomic E-state index is 12.4. The number of hydrogen-bond acceptors (Lipinski definition) is 6. The molecule has 1 amide bonds. The monoisotopic (exact) mass is 409 g/mol. The van der Waals surface area contributed by atoms with E-state index in [-0.39, 0.29) is 12.5 Å². The van der Waals surface area contributed by atoms with Crippen molar-refractivity contribution in [1.29, 1.82) is 0 Å². The number of aromatic nitrogens is 2. The lowest BCUT2D eigenvalue weighted by atomic mass is 9.98. The Morgan fingerprint density at radius 1 is 1.07 bits per heavy atom. The molecule has 0 aliphatic carbocycles. The lowest BCUT2D eigenvalue weighted by Gasteiger charge is -2.30. The number of hydrogen-bond donors (Lipinski definition) is 0. The topological polar surface area (TPSA) is 64.6 Å². The Bertz CT molecular complexity index is 953. The van der Waals surface area contributed by atoms with E-state index in [1.54, 1.807) is 18.4 Å². The average molecular weight is 410 g/mol. The normalized spacial score (nSPS) is 14.6. The molecule has 150 valence electrons. The molecule has 0 bridgehead atoms. The first-order valence-electron chi connectivity index (χ1n) is 9.67. The van der Waals surface area contributed by atoms with E-state index in [9.17, 15) is 4.79 Å². The van der Waals surface area contributed by atoms with Crippen molar-refractivity contribution >= 4 is 17.2 Å². The minimum absolute atomic E-state index is 0.0271. The van der Waals surface area contributed by atoms with Crippen LogP contribution in [0.2, 0.25) is 0 Å². The van der Waals surface area contributed by atoms with Crippen molar-refractivity contribution in [1.82, 2.24) is 15.1 Å². The van der Waals surface area contributed by atoms with Gasteiger partial charge < -0.3 is 14.4 Å². The summed E-state index contributed by atoms with van der Waals surface area (Å²) in [6.07, 6.45) is 1.77. The molecule has 3 aromatic rings. The van der Waals surface area contributed by atoms with Crippen LogP contribution in [0, 0.1) is 0 Å². The Balaban J connectivity index is 1.33. The van der Waals surface area contributed by atoms with Gasteiger partial charge in [-0.25, -0.2) is 0 Å². The first-order chi connectivity index (χ1) is 14.2. The van der Waals surface area contributed by atoms with E-state index in [4.69, 9.17) is 9.47 Å². The maximum absolute atomic E-state index is 12.4. The lowest BCUT2D eigenvalue weighted by Crippen LogP contribution is -2.40. The molecule has 1 fully saturated rings. The zero-order chi connectivity index (χ0) is 20.1. The lowest BCUT2D eigenvalue weighted by molar-refractivity contribution is -0.134. The third kappa shape index (κ3) is 4.56. The molecule has 0 saturated carbocycles. The molecular formula is C22H23N3O3S. The zero-order valence-electron chi connectivity index (χ0n) is 16.3. The zero-order valence-corrected chi connectivity index (χ0v) is 17.1. The van der Waals surface area contributed by atoms with E-state index >= 15 is 0 Å². The summed E-state index contributed by atoms with van der Waals surface area (Å²) in [5, 5.41) is 10.7. The number of piperidine rings is 1. The Morgan fingerprint density at radius 2 is 1.79 bits per heavy atom. The van der Waals surface area contributed by atoms with Crippen LogP contribution in [0.3, 0.4) is 0 Å². The van der Waals surface area contributed by atoms with Crippen LogP contribution in [0.25, 0.3) is 10.6 Å². The highest BCUT2D eigenvalue weighted by molar-refractivity contribution is 7.14. The summed E-state index contributed by atoms with van der Waals surface area (Å²) in [6, 6.07) is 17.3. The molecule has 0 spiro atoms. The number of benzene rings is 2. The predicted molar refractivity (Wildman–Crippen MR) is 112 cm³/mol. The molecule has 4 rings (SSSR count). The highest BCUT2D eigenvalue weighted by Crippen LogP contribution is 2.36. The van der Waals surface area contributed by atoms with Crippen molar-refractivity contribution in [2.45, 2.75) is 18.8 Å². The van der Waals surface area contributed by atoms with Crippen LogP contribution in [0.1, 0.15) is 23.8 Å². The van der Waals surface area contributed by atoms with Crippen LogP contribution in [0.15, 0.2) is 54.6 Å². The smallest absolute Gasteiger partial charge is 0.260 e. The van der Waals surface area contributed by atoms with Crippen LogP contribution in [0.4, 0.5) is 0 Å². The largest absolute Gasteiger partial charge is 0.496 e. The summed E-state index contributed by atoms with van der Waals surface area (Å²) >= 11 is 1.61. The fourth-order valence-corrected chi connectivity index (χ4v) is 4.50. The Hall–Kier alpha value is -2.93. The molecule has 0 unspecified atom stereocenters. The molecule has 2 heterocycles. The van der Waals surface area contributed by atoms with Crippen molar-refractivity contribution < 1.29 is 14.3 Å². The van der Waals surface area contributed by atoms with E-state index in [2.05, 4.69) is 10.2 Å². The molecular weight excluding hydrogens is 386 g/mol. The molecule has 1 saturated heterocycles. The fourth-order valence-electron chi connectivity index (χ4n) is 3.46. The summed E-state index contributed by atoms with van der Waals surface area (Å²) in [5.41, 5.74) is 0.962. The van der Waals surface area contributed by atoms with Gasteiger partial charge in [0, 0.05) is 19.0 Å². The number of likely N-dealkylation sites (tertiary alicyclic amines) is 1.